The Labute approximate surface area is 131 Å². The Balaban J connectivity index is 2.79. The van der Waals surface area contributed by atoms with E-state index >= 15 is 0 Å². The highest BCUT2D eigenvalue weighted by molar-refractivity contribution is 9.10. The average Bonchev–Trinajstić information content (AvgIpc) is 2.46. The molecule has 0 aliphatic heterocycles. The molecule has 0 heterocycles. The van der Waals surface area contributed by atoms with Gasteiger partial charge in [-0.2, -0.15) is 5.26 Å². The first-order valence-corrected chi connectivity index (χ1v) is 7.16. The number of nitriles is 1. The van der Waals surface area contributed by atoms with Crippen LogP contribution in [-0.4, -0.2) is 35.1 Å². The SMILES string of the molecule is CCN(CC(C)C(=O)O)C(=O)Nc1ccc(C#N)cc1Br. The number of hydrogen-bond acceptors (Lipinski definition) is 3. The predicted molar refractivity (Wildman–Crippen MR) is 81.9 cm³/mol. The zero-order chi connectivity index (χ0) is 16.0. The number of anilines is 1. The predicted octanol–water partition coefficient (Wildman–Crippen LogP) is 2.90. The van der Waals surface area contributed by atoms with E-state index in [4.69, 9.17) is 10.4 Å². The van der Waals surface area contributed by atoms with Crippen molar-refractivity contribution in [1.29, 1.82) is 5.26 Å². The molecule has 0 aliphatic rings. The molecule has 2 amide bonds. The number of hydrogen-bond donors (Lipinski definition) is 2. The molecule has 112 valence electrons. The second-order valence-corrected chi connectivity index (χ2v) is 5.37. The fourth-order valence-corrected chi connectivity index (χ4v) is 2.12. The summed E-state index contributed by atoms with van der Waals surface area (Å²) >= 11 is 3.28. The van der Waals surface area contributed by atoms with Crippen molar-refractivity contribution in [3.8, 4) is 6.07 Å². The van der Waals surface area contributed by atoms with Gasteiger partial charge in [0.05, 0.1) is 23.2 Å². The van der Waals surface area contributed by atoms with E-state index in [1.165, 1.54) is 4.90 Å². The maximum atomic E-state index is 12.1. The topological polar surface area (TPSA) is 93.4 Å². The number of aliphatic carboxylic acids is 1. The number of rotatable bonds is 5. The molecule has 1 atom stereocenters. The zero-order valence-electron chi connectivity index (χ0n) is 11.8. The first kappa shape index (κ1) is 17.0. The summed E-state index contributed by atoms with van der Waals surface area (Å²) in [6.45, 7) is 3.86. The van der Waals surface area contributed by atoms with E-state index in [0.717, 1.165) is 0 Å². The van der Waals surface area contributed by atoms with Crippen LogP contribution in [0.1, 0.15) is 19.4 Å². The van der Waals surface area contributed by atoms with Crippen molar-refractivity contribution in [2.75, 3.05) is 18.4 Å². The van der Waals surface area contributed by atoms with Crippen molar-refractivity contribution < 1.29 is 14.7 Å². The van der Waals surface area contributed by atoms with Crippen molar-refractivity contribution in [2.24, 2.45) is 5.92 Å². The largest absolute Gasteiger partial charge is 0.481 e. The third-order valence-electron chi connectivity index (χ3n) is 2.92. The van der Waals surface area contributed by atoms with Crippen LogP contribution in [0.15, 0.2) is 22.7 Å². The highest BCUT2D eigenvalue weighted by Gasteiger charge is 2.19. The van der Waals surface area contributed by atoms with Gasteiger partial charge in [-0.15, -0.1) is 0 Å². The molecule has 0 aromatic heterocycles. The molecule has 6 nitrogen and oxygen atoms in total. The van der Waals surface area contributed by atoms with Crippen LogP contribution in [0, 0.1) is 17.2 Å². The van der Waals surface area contributed by atoms with Crippen molar-refractivity contribution in [1.82, 2.24) is 4.90 Å². The number of carboxylic acids is 1. The molecule has 0 aliphatic carbocycles. The second-order valence-electron chi connectivity index (χ2n) is 4.51. The van der Waals surface area contributed by atoms with Gasteiger partial charge in [0.15, 0.2) is 0 Å². The molecule has 7 heteroatoms. The van der Waals surface area contributed by atoms with Gasteiger partial charge in [-0.05, 0) is 41.1 Å². The zero-order valence-corrected chi connectivity index (χ0v) is 13.3. The number of carboxylic acid groups (broad SMARTS) is 1. The number of benzene rings is 1. The Morgan fingerprint density at radius 2 is 2.19 bits per heavy atom. The van der Waals surface area contributed by atoms with E-state index in [1.54, 1.807) is 32.0 Å². The van der Waals surface area contributed by atoms with Crippen LogP contribution in [0.3, 0.4) is 0 Å². The van der Waals surface area contributed by atoms with Gasteiger partial charge in [0.25, 0.3) is 0 Å². The van der Waals surface area contributed by atoms with Gasteiger partial charge in [0, 0.05) is 17.6 Å². The molecule has 0 saturated heterocycles. The molecule has 0 bridgehead atoms. The molecule has 1 aromatic rings. The monoisotopic (exact) mass is 353 g/mol. The van der Waals surface area contributed by atoms with Gasteiger partial charge in [-0.3, -0.25) is 4.79 Å². The van der Waals surface area contributed by atoms with E-state index in [1.807, 2.05) is 6.07 Å². The maximum Gasteiger partial charge on any atom is 0.321 e. The third-order valence-corrected chi connectivity index (χ3v) is 3.58. The Morgan fingerprint density at radius 1 is 1.52 bits per heavy atom. The fourth-order valence-electron chi connectivity index (χ4n) is 1.64. The number of nitrogens with one attached hydrogen (secondary N) is 1. The molecule has 0 saturated carbocycles. The van der Waals surface area contributed by atoms with Crippen molar-refractivity contribution in [2.45, 2.75) is 13.8 Å². The molecular weight excluding hydrogens is 338 g/mol. The number of urea groups is 1. The van der Waals surface area contributed by atoms with Gasteiger partial charge in [0.2, 0.25) is 0 Å². The number of amides is 2. The first-order valence-electron chi connectivity index (χ1n) is 6.37. The molecule has 1 unspecified atom stereocenters. The van der Waals surface area contributed by atoms with Crippen LogP contribution in [0.4, 0.5) is 10.5 Å². The van der Waals surface area contributed by atoms with Crippen LogP contribution < -0.4 is 5.32 Å². The standard InChI is InChI=1S/C14H16BrN3O3/c1-3-18(8-9(2)13(19)20)14(21)17-12-5-4-10(7-16)6-11(12)15/h4-6,9H,3,8H2,1-2H3,(H,17,21)(H,19,20). The minimum atomic E-state index is -0.944. The summed E-state index contributed by atoms with van der Waals surface area (Å²) in [6.07, 6.45) is 0. The quantitative estimate of drug-likeness (QED) is 0.850. The molecule has 0 spiro atoms. The summed E-state index contributed by atoms with van der Waals surface area (Å²) in [4.78, 5) is 24.4. The summed E-state index contributed by atoms with van der Waals surface area (Å²) in [7, 11) is 0. The second kappa shape index (κ2) is 7.64. The Morgan fingerprint density at radius 3 is 2.67 bits per heavy atom. The van der Waals surface area contributed by atoms with Crippen molar-refractivity contribution in [3.05, 3.63) is 28.2 Å². The maximum absolute atomic E-state index is 12.1. The third kappa shape index (κ3) is 4.76. The Bertz CT molecular complexity index is 583. The van der Waals surface area contributed by atoms with Gasteiger partial charge < -0.3 is 15.3 Å². The molecule has 2 N–H and O–H groups in total. The van der Waals surface area contributed by atoms with Crippen LogP contribution in [0.25, 0.3) is 0 Å². The van der Waals surface area contributed by atoms with E-state index in [0.29, 0.717) is 22.3 Å². The molecule has 1 rings (SSSR count). The van der Waals surface area contributed by atoms with Crippen LogP contribution in [0.2, 0.25) is 0 Å². The minimum Gasteiger partial charge on any atom is -0.481 e. The van der Waals surface area contributed by atoms with E-state index in [9.17, 15) is 9.59 Å². The lowest BCUT2D eigenvalue weighted by molar-refractivity contribution is -0.141. The van der Waals surface area contributed by atoms with Crippen molar-refractivity contribution >= 4 is 33.6 Å². The number of carbonyl (C=O) groups is 2. The summed E-state index contributed by atoms with van der Waals surface area (Å²) in [5.74, 6) is -1.58. The minimum absolute atomic E-state index is 0.131. The van der Waals surface area contributed by atoms with Gasteiger partial charge in [0.1, 0.15) is 0 Å². The molecule has 1 aromatic carbocycles. The molecular formula is C14H16BrN3O3. The van der Waals surface area contributed by atoms with Crippen LogP contribution in [-0.2, 0) is 4.79 Å². The van der Waals surface area contributed by atoms with Gasteiger partial charge in [-0.1, -0.05) is 6.92 Å². The Kier molecular flexibility index (Phi) is 6.18. The lowest BCUT2D eigenvalue weighted by Crippen LogP contribution is -2.39. The molecule has 0 fully saturated rings. The van der Waals surface area contributed by atoms with Gasteiger partial charge >= 0.3 is 12.0 Å². The summed E-state index contributed by atoms with van der Waals surface area (Å²) < 4.78 is 0.595. The summed E-state index contributed by atoms with van der Waals surface area (Å²) in [6, 6.07) is 6.44. The van der Waals surface area contributed by atoms with Gasteiger partial charge in [-0.25, -0.2) is 4.79 Å². The number of carbonyl (C=O) groups excluding carboxylic acids is 1. The van der Waals surface area contributed by atoms with Crippen LogP contribution >= 0.6 is 15.9 Å². The number of halogens is 1. The van der Waals surface area contributed by atoms with E-state index < -0.39 is 11.9 Å². The molecule has 0 radical (unpaired) electrons. The smallest absolute Gasteiger partial charge is 0.321 e. The number of nitrogens with zero attached hydrogens (tertiary/aromatic N) is 2. The highest BCUT2D eigenvalue weighted by Crippen LogP contribution is 2.23. The summed E-state index contributed by atoms with van der Waals surface area (Å²) in [5.41, 5.74) is 1.01. The lowest BCUT2D eigenvalue weighted by Gasteiger charge is -2.23. The normalized spacial score (nSPS) is 11.3. The Hall–Kier alpha value is -2.07. The van der Waals surface area contributed by atoms with Crippen molar-refractivity contribution in [3.63, 3.8) is 0 Å². The fraction of sp³-hybridized carbons (Fsp3) is 0.357. The lowest BCUT2D eigenvalue weighted by atomic mass is 10.2. The summed E-state index contributed by atoms with van der Waals surface area (Å²) in [5, 5.41) is 20.4. The molecule has 21 heavy (non-hydrogen) atoms. The average molecular weight is 354 g/mol. The van der Waals surface area contributed by atoms with E-state index in [-0.39, 0.29) is 12.6 Å². The highest BCUT2D eigenvalue weighted by atomic mass is 79.9. The van der Waals surface area contributed by atoms with Crippen LogP contribution in [0.5, 0.6) is 0 Å². The first-order chi connectivity index (χ1) is 9.88. The van der Waals surface area contributed by atoms with E-state index in [2.05, 4.69) is 21.2 Å².